The van der Waals surface area contributed by atoms with Gasteiger partial charge >= 0.3 is 0 Å². The van der Waals surface area contributed by atoms with Crippen LogP contribution in [0.2, 0.25) is 10.0 Å². The zero-order chi connectivity index (χ0) is 15.4. The van der Waals surface area contributed by atoms with Crippen molar-refractivity contribution in [3.8, 4) is 0 Å². The number of halogens is 3. The monoisotopic (exact) mass is 356 g/mol. The largest absolute Gasteiger partial charge is 0.369 e. The van der Waals surface area contributed by atoms with Crippen molar-refractivity contribution in [2.75, 3.05) is 7.05 Å². The van der Waals surface area contributed by atoms with Crippen molar-refractivity contribution in [2.24, 2.45) is 10.8 Å². The summed E-state index contributed by atoms with van der Waals surface area (Å²) in [5.41, 5.74) is 7.87. The van der Waals surface area contributed by atoms with E-state index in [1.807, 2.05) is 24.3 Å². The molecule has 0 saturated heterocycles. The molecule has 0 radical (unpaired) electrons. The Balaban J connectivity index is 0.00000242. The number of nitrogens with zero attached hydrogens (tertiary/aromatic N) is 2. The molecule has 0 bridgehead atoms. The Morgan fingerprint density at radius 1 is 0.955 bits per heavy atom. The topological polar surface area (TPSA) is 65.5 Å². The molecule has 0 fully saturated rings. The number of benzene rings is 2. The normalized spacial score (nSPS) is 9.59. The summed E-state index contributed by atoms with van der Waals surface area (Å²) in [4.78, 5) is 0. The lowest BCUT2D eigenvalue weighted by atomic mass is 10.0. The van der Waals surface area contributed by atoms with Gasteiger partial charge in [-0.3, -0.25) is 5.41 Å². The first-order valence-electron chi connectivity index (χ1n) is 6.15. The summed E-state index contributed by atoms with van der Waals surface area (Å²) in [5.74, 6) is -0.143. The molecule has 4 nitrogen and oxygen atoms in total. The van der Waals surface area contributed by atoms with Gasteiger partial charge in [-0.25, -0.2) is 5.01 Å². The highest BCUT2D eigenvalue weighted by Gasteiger charge is 2.09. The molecule has 0 aliphatic heterocycles. The van der Waals surface area contributed by atoms with Crippen LogP contribution in [0.15, 0.2) is 53.6 Å². The van der Waals surface area contributed by atoms with Crippen molar-refractivity contribution in [3.63, 3.8) is 0 Å². The van der Waals surface area contributed by atoms with Crippen LogP contribution in [0.5, 0.6) is 0 Å². The fourth-order valence-corrected chi connectivity index (χ4v) is 1.95. The Morgan fingerprint density at radius 3 is 1.64 bits per heavy atom. The molecule has 2 aromatic carbocycles. The molecule has 0 aliphatic carbocycles. The van der Waals surface area contributed by atoms with E-state index >= 15 is 0 Å². The molecule has 0 atom stereocenters. The smallest absolute Gasteiger partial charge is 0.209 e. The van der Waals surface area contributed by atoms with Crippen molar-refractivity contribution < 1.29 is 0 Å². The van der Waals surface area contributed by atoms with Gasteiger partial charge in [-0.1, -0.05) is 47.5 Å². The minimum absolute atomic E-state index is 0. The van der Waals surface area contributed by atoms with Crippen molar-refractivity contribution in [3.05, 3.63) is 69.7 Å². The van der Waals surface area contributed by atoms with Gasteiger partial charge in [0.15, 0.2) is 0 Å². The Hall–Kier alpha value is -1.75. The first kappa shape index (κ1) is 18.3. The highest BCUT2D eigenvalue weighted by atomic mass is 35.5. The summed E-state index contributed by atoms with van der Waals surface area (Å²) in [7, 11) is 1.62. The third-order valence-corrected chi connectivity index (χ3v) is 3.34. The fourth-order valence-electron chi connectivity index (χ4n) is 1.70. The molecule has 116 valence electrons. The van der Waals surface area contributed by atoms with E-state index in [4.69, 9.17) is 34.3 Å². The van der Waals surface area contributed by atoms with Crippen molar-refractivity contribution in [2.45, 2.75) is 0 Å². The lowest BCUT2D eigenvalue weighted by Gasteiger charge is -2.14. The number of hydrazone groups is 1. The van der Waals surface area contributed by atoms with E-state index in [-0.39, 0.29) is 18.4 Å². The average Bonchev–Trinajstić information content (AvgIpc) is 2.46. The van der Waals surface area contributed by atoms with Gasteiger partial charge < -0.3 is 5.73 Å². The van der Waals surface area contributed by atoms with Crippen LogP contribution >= 0.6 is 35.6 Å². The van der Waals surface area contributed by atoms with Crippen molar-refractivity contribution in [1.29, 1.82) is 5.41 Å². The van der Waals surface area contributed by atoms with Gasteiger partial charge in [-0.05, 0) is 24.3 Å². The predicted octanol–water partition coefficient (Wildman–Crippen LogP) is 3.99. The maximum absolute atomic E-state index is 7.44. The maximum Gasteiger partial charge on any atom is 0.209 e. The van der Waals surface area contributed by atoms with Gasteiger partial charge in [0.25, 0.3) is 0 Å². The molecule has 0 spiro atoms. The van der Waals surface area contributed by atoms with E-state index < -0.39 is 0 Å². The molecule has 3 N–H and O–H groups in total. The molecule has 0 heterocycles. The van der Waals surface area contributed by atoms with E-state index in [1.54, 1.807) is 31.3 Å². The van der Waals surface area contributed by atoms with Crippen LogP contribution in [0.1, 0.15) is 11.1 Å². The zero-order valence-corrected chi connectivity index (χ0v) is 14.1. The molecule has 2 rings (SSSR count). The van der Waals surface area contributed by atoms with Crippen LogP contribution in [0, 0.1) is 5.41 Å². The molecular weight excluding hydrogens is 343 g/mol. The summed E-state index contributed by atoms with van der Waals surface area (Å²) in [6, 6.07) is 14.6. The highest BCUT2D eigenvalue weighted by molar-refractivity contribution is 6.31. The molecule has 0 unspecified atom stereocenters. The Bertz CT molecular complexity index is 619. The highest BCUT2D eigenvalue weighted by Crippen LogP contribution is 2.17. The number of nitrogens with one attached hydrogen (secondary N) is 1. The Labute approximate surface area is 145 Å². The van der Waals surface area contributed by atoms with E-state index in [0.29, 0.717) is 15.8 Å². The minimum Gasteiger partial charge on any atom is -0.369 e. The lowest BCUT2D eigenvalue weighted by Crippen LogP contribution is -2.29. The van der Waals surface area contributed by atoms with Crippen LogP contribution in [0.3, 0.4) is 0 Å². The molecule has 0 saturated carbocycles. The van der Waals surface area contributed by atoms with Crippen LogP contribution in [-0.2, 0) is 0 Å². The van der Waals surface area contributed by atoms with Crippen molar-refractivity contribution in [1.82, 2.24) is 5.01 Å². The van der Waals surface area contributed by atoms with Crippen LogP contribution in [-0.4, -0.2) is 23.7 Å². The van der Waals surface area contributed by atoms with Crippen LogP contribution < -0.4 is 5.73 Å². The molecule has 0 aliphatic rings. The summed E-state index contributed by atoms with van der Waals surface area (Å²) in [5, 5.41) is 14.4. The van der Waals surface area contributed by atoms with Gasteiger partial charge in [-0.2, -0.15) is 5.10 Å². The number of hydrogen-bond acceptors (Lipinski definition) is 2. The van der Waals surface area contributed by atoms with E-state index in [0.717, 1.165) is 11.1 Å². The average molecular weight is 358 g/mol. The fraction of sp³-hybridized carbons (Fsp3) is 0.0667. The third kappa shape index (κ3) is 4.63. The summed E-state index contributed by atoms with van der Waals surface area (Å²) in [6.45, 7) is 0. The predicted molar refractivity (Wildman–Crippen MR) is 95.5 cm³/mol. The van der Waals surface area contributed by atoms with Gasteiger partial charge in [0, 0.05) is 28.2 Å². The van der Waals surface area contributed by atoms with Gasteiger partial charge in [-0.15, -0.1) is 12.4 Å². The summed E-state index contributed by atoms with van der Waals surface area (Å²) < 4.78 is 0. The number of rotatable bonds is 3. The van der Waals surface area contributed by atoms with E-state index in [9.17, 15) is 0 Å². The SMILES string of the molecule is CN(N=C(c1ccc(Cl)cc1)c1ccc(Cl)cc1)C(=N)N.Cl. The second-order valence-electron chi connectivity index (χ2n) is 4.37. The molecule has 0 amide bonds. The van der Waals surface area contributed by atoms with Gasteiger partial charge in [0.1, 0.15) is 0 Å². The first-order chi connectivity index (χ1) is 9.97. The molecule has 7 heteroatoms. The number of guanidine groups is 1. The zero-order valence-electron chi connectivity index (χ0n) is 11.8. The lowest BCUT2D eigenvalue weighted by molar-refractivity contribution is 0.534. The molecule has 22 heavy (non-hydrogen) atoms. The van der Waals surface area contributed by atoms with Crippen molar-refractivity contribution >= 4 is 47.3 Å². The summed E-state index contributed by atoms with van der Waals surface area (Å²) in [6.07, 6.45) is 0. The quantitative estimate of drug-likeness (QED) is 0.495. The first-order valence-corrected chi connectivity index (χ1v) is 6.91. The minimum atomic E-state index is -0.143. The van der Waals surface area contributed by atoms with Gasteiger partial charge in [0.2, 0.25) is 5.96 Å². The van der Waals surface area contributed by atoms with Crippen LogP contribution in [0.25, 0.3) is 0 Å². The van der Waals surface area contributed by atoms with Gasteiger partial charge in [0.05, 0.1) is 5.71 Å². The van der Waals surface area contributed by atoms with E-state index in [2.05, 4.69) is 5.10 Å². The second kappa shape index (κ2) is 8.03. The number of hydrogen-bond donors (Lipinski definition) is 2. The molecular formula is C15H15Cl3N4. The Kier molecular flexibility index (Phi) is 6.68. The molecule has 0 aromatic heterocycles. The maximum atomic E-state index is 7.44. The third-order valence-electron chi connectivity index (χ3n) is 2.83. The molecule has 2 aromatic rings. The number of nitrogens with two attached hydrogens (primary N) is 1. The summed E-state index contributed by atoms with van der Waals surface area (Å²) >= 11 is 11.8. The second-order valence-corrected chi connectivity index (χ2v) is 5.24. The van der Waals surface area contributed by atoms with E-state index in [1.165, 1.54) is 5.01 Å². The Morgan fingerprint density at radius 2 is 1.32 bits per heavy atom. The van der Waals surface area contributed by atoms with Crippen LogP contribution in [0.4, 0.5) is 0 Å². The standard InChI is InChI=1S/C15H14Cl2N4.ClH/c1-21(15(18)19)20-14(10-2-6-12(16)7-3-10)11-4-8-13(17)9-5-11;/h2-9H,1H3,(H3,18,19);1H.